The van der Waals surface area contributed by atoms with Gasteiger partial charge in [-0.3, -0.25) is 0 Å². The van der Waals surface area contributed by atoms with Crippen molar-refractivity contribution in [3.63, 3.8) is 0 Å². The number of hydrogen-bond acceptors (Lipinski definition) is 3. The second-order valence-electron chi connectivity index (χ2n) is 2.84. The van der Waals surface area contributed by atoms with Crippen molar-refractivity contribution in [3.05, 3.63) is 29.3 Å². The van der Waals surface area contributed by atoms with E-state index in [1.165, 1.54) is 10.3 Å². The molecule has 0 fully saturated rings. The van der Waals surface area contributed by atoms with E-state index in [1.54, 1.807) is 11.3 Å². The average Bonchev–Trinajstić information content (AvgIpc) is 2.46. The Morgan fingerprint density at radius 2 is 2.42 bits per heavy atom. The molecular weight excluding hydrogens is 168 g/mol. The zero-order chi connectivity index (χ0) is 8.55. The molecule has 0 aliphatic carbocycles. The number of thiophene rings is 1. The fourth-order valence-electron chi connectivity index (χ4n) is 1.12. The van der Waals surface area contributed by atoms with Gasteiger partial charge in [0, 0.05) is 22.5 Å². The van der Waals surface area contributed by atoms with Gasteiger partial charge >= 0.3 is 0 Å². The van der Waals surface area contributed by atoms with Gasteiger partial charge < -0.3 is 5.73 Å². The van der Waals surface area contributed by atoms with Crippen LogP contribution in [0.4, 0.5) is 0 Å². The van der Waals surface area contributed by atoms with Crippen LogP contribution in [-0.2, 0) is 0 Å². The summed E-state index contributed by atoms with van der Waals surface area (Å²) in [5, 5.41) is 1.19. The average molecular weight is 178 g/mol. The molecule has 0 aliphatic rings. The predicted molar refractivity (Wildman–Crippen MR) is 52.2 cm³/mol. The summed E-state index contributed by atoms with van der Waals surface area (Å²) in [6.07, 6.45) is 1.81. The molecule has 2 rings (SSSR count). The maximum Gasteiger partial charge on any atom is 0.123 e. The topological polar surface area (TPSA) is 38.9 Å². The molecule has 1 atom stereocenters. The highest BCUT2D eigenvalue weighted by atomic mass is 32.1. The lowest BCUT2D eigenvalue weighted by Gasteiger charge is -1.96. The van der Waals surface area contributed by atoms with E-state index in [4.69, 9.17) is 5.73 Å². The molecule has 0 bridgehead atoms. The maximum atomic E-state index is 5.76. The van der Waals surface area contributed by atoms with Crippen LogP contribution in [-0.4, -0.2) is 4.98 Å². The number of nitrogens with zero attached hydrogens (tertiary/aromatic N) is 1. The molecule has 3 heteroatoms. The van der Waals surface area contributed by atoms with Gasteiger partial charge in [-0.1, -0.05) is 6.07 Å². The predicted octanol–water partition coefficient (Wildman–Crippen LogP) is 2.32. The minimum atomic E-state index is 0.115. The van der Waals surface area contributed by atoms with Crippen LogP contribution in [0.1, 0.15) is 17.8 Å². The molecular formula is C9H10N2S. The lowest BCUT2D eigenvalue weighted by atomic mass is 10.2. The Bertz CT molecular complexity index is 359. The van der Waals surface area contributed by atoms with Gasteiger partial charge in [-0.2, -0.15) is 0 Å². The first kappa shape index (κ1) is 7.71. The Balaban J connectivity index is 2.62. The molecule has 12 heavy (non-hydrogen) atoms. The van der Waals surface area contributed by atoms with Crippen LogP contribution in [0.25, 0.3) is 10.2 Å². The third-order valence-electron chi connectivity index (χ3n) is 1.76. The zero-order valence-electron chi connectivity index (χ0n) is 6.82. The number of rotatable bonds is 1. The Hall–Kier alpha value is -0.930. The maximum absolute atomic E-state index is 5.76. The largest absolute Gasteiger partial charge is 0.324 e. The minimum Gasteiger partial charge on any atom is -0.324 e. The Labute approximate surface area is 75.0 Å². The smallest absolute Gasteiger partial charge is 0.123 e. The Morgan fingerprint density at radius 1 is 1.58 bits per heavy atom. The van der Waals surface area contributed by atoms with Crippen LogP contribution in [0.5, 0.6) is 0 Å². The van der Waals surface area contributed by atoms with Gasteiger partial charge in [-0.15, -0.1) is 11.3 Å². The van der Waals surface area contributed by atoms with Crippen molar-refractivity contribution in [2.45, 2.75) is 13.0 Å². The number of hydrogen-bond donors (Lipinski definition) is 1. The normalized spacial score (nSPS) is 13.5. The standard InChI is InChI=1S/C9H10N2S/c1-6(10)8-5-7-3-2-4-11-9(7)12-8/h2-6H,10H2,1H3. The highest BCUT2D eigenvalue weighted by molar-refractivity contribution is 7.18. The molecule has 0 amide bonds. The Morgan fingerprint density at radius 3 is 3.08 bits per heavy atom. The van der Waals surface area contributed by atoms with Crippen molar-refractivity contribution in [3.8, 4) is 0 Å². The first-order valence-electron chi connectivity index (χ1n) is 3.87. The third-order valence-corrected chi connectivity index (χ3v) is 3.02. The molecule has 2 aromatic rings. The molecule has 0 aliphatic heterocycles. The molecule has 0 spiro atoms. The van der Waals surface area contributed by atoms with Crippen LogP contribution in [0, 0.1) is 0 Å². The lowest BCUT2D eigenvalue weighted by molar-refractivity contribution is 0.839. The zero-order valence-corrected chi connectivity index (χ0v) is 7.64. The molecule has 0 saturated carbocycles. The summed E-state index contributed by atoms with van der Waals surface area (Å²) >= 11 is 1.67. The molecule has 0 saturated heterocycles. The van der Waals surface area contributed by atoms with Crippen molar-refractivity contribution in [1.29, 1.82) is 0 Å². The molecule has 2 aromatic heterocycles. The van der Waals surface area contributed by atoms with E-state index in [0.29, 0.717) is 0 Å². The summed E-state index contributed by atoms with van der Waals surface area (Å²) in [4.78, 5) is 6.52. The van der Waals surface area contributed by atoms with Crippen LogP contribution < -0.4 is 5.73 Å². The van der Waals surface area contributed by atoms with Gasteiger partial charge in [-0.05, 0) is 19.1 Å². The molecule has 2 N–H and O–H groups in total. The Kier molecular flexibility index (Phi) is 1.83. The molecule has 2 nitrogen and oxygen atoms in total. The number of aromatic nitrogens is 1. The van der Waals surface area contributed by atoms with Gasteiger partial charge in [0.2, 0.25) is 0 Å². The summed E-state index contributed by atoms with van der Waals surface area (Å²) in [6, 6.07) is 6.23. The van der Waals surface area contributed by atoms with Gasteiger partial charge in [-0.25, -0.2) is 4.98 Å². The van der Waals surface area contributed by atoms with Gasteiger partial charge in [0.25, 0.3) is 0 Å². The van der Waals surface area contributed by atoms with Crippen molar-refractivity contribution in [2.75, 3.05) is 0 Å². The van der Waals surface area contributed by atoms with Gasteiger partial charge in [0.1, 0.15) is 4.83 Å². The van der Waals surface area contributed by atoms with E-state index in [2.05, 4.69) is 17.1 Å². The number of nitrogens with two attached hydrogens (primary N) is 1. The monoisotopic (exact) mass is 178 g/mol. The van der Waals surface area contributed by atoms with E-state index in [0.717, 1.165) is 4.83 Å². The molecule has 1 unspecified atom stereocenters. The minimum absolute atomic E-state index is 0.115. The summed E-state index contributed by atoms with van der Waals surface area (Å²) < 4.78 is 0. The fourth-order valence-corrected chi connectivity index (χ4v) is 2.07. The number of fused-ring (bicyclic) bond motifs is 1. The van der Waals surface area contributed by atoms with Gasteiger partial charge in [0.05, 0.1) is 0 Å². The molecule has 0 radical (unpaired) electrons. The van der Waals surface area contributed by atoms with Gasteiger partial charge in [0.15, 0.2) is 0 Å². The third kappa shape index (κ3) is 1.21. The van der Waals surface area contributed by atoms with Crippen molar-refractivity contribution < 1.29 is 0 Å². The van der Waals surface area contributed by atoms with Crippen molar-refractivity contribution >= 4 is 21.6 Å². The van der Waals surface area contributed by atoms with Crippen LogP contribution in [0.15, 0.2) is 24.4 Å². The van der Waals surface area contributed by atoms with Crippen LogP contribution in [0.2, 0.25) is 0 Å². The summed E-state index contributed by atoms with van der Waals surface area (Å²) in [5.41, 5.74) is 5.76. The highest BCUT2D eigenvalue weighted by Gasteiger charge is 2.04. The first-order valence-corrected chi connectivity index (χ1v) is 4.69. The van der Waals surface area contributed by atoms with Crippen molar-refractivity contribution in [2.24, 2.45) is 5.73 Å². The summed E-state index contributed by atoms with van der Waals surface area (Å²) in [5.74, 6) is 0. The van der Waals surface area contributed by atoms with Crippen molar-refractivity contribution in [1.82, 2.24) is 4.98 Å². The fraction of sp³-hybridized carbons (Fsp3) is 0.222. The second kappa shape index (κ2) is 2.84. The quantitative estimate of drug-likeness (QED) is 0.727. The van der Waals surface area contributed by atoms with Crippen LogP contribution in [0.3, 0.4) is 0 Å². The molecule has 62 valence electrons. The number of pyridine rings is 1. The molecule has 0 aromatic carbocycles. The van der Waals surface area contributed by atoms with E-state index < -0.39 is 0 Å². The lowest BCUT2D eigenvalue weighted by Crippen LogP contribution is -2.01. The van der Waals surface area contributed by atoms with Crippen LogP contribution >= 0.6 is 11.3 Å². The van der Waals surface area contributed by atoms with E-state index in [-0.39, 0.29) is 6.04 Å². The first-order chi connectivity index (χ1) is 5.77. The SMILES string of the molecule is CC(N)c1cc2cccnc2s1. The van der Waals surface area contributed by atoms with E-state index in [1.807, 2.05) is 19.2 Å². The molecule has 2 heterocycles. The second-order valence-corrected chi connectivity index (χ2v) is 3.90. The van der Waals surface area contributed by atoms with E-state index in [9.17, 15) is 0 Å². The highest BCUT2D eigenvalue weighted by Crippen LogP contribution is 2.26. The van der Waals surface area contributed by atoms with E-state index >= 15 is 0 Å². The summed E-state index contributed by atoms with van der Waals surface area (Å²) in [6.45, 7) is 1.99. The summed E-state index contributed by atoms with van der Waals surface area (Å²) in [7, 11) is 0.